The van der Waals surface area contributed by atoms with Gasteiger partial charge in [-0.15, -0.1) is 4.91 Å². The van der Waals surface area contributed by atoms with Gasteiger partial charge in [0.05, 0.1) is 15.7 Å². The van der Waals surface area contributed by atoms with Gasteiger partial charge in [-0.1, -0.05) is 0 Å². The first-order chi connectivity index (χ1) is 7.13. The second-order valence-corrected chi connectivity index (χ2v) is 3.17. The third-order valence-electron chi connectivity index (χ3n) is 1.94. The number of imidazole rings is 1. The predicted molar refractivity (Wildman–Crippen MR) is 55.0 cm³/mol. The number of nitro benzene ring substituents is 1. The van der Waals surface area contributed by atoms with Crippen LogP contribution >= 0.6 is 12.2 Å². The van der Waals surface area contributed by atoms with E-state index in [0.29, 0.717) is 11.0 Å². The van der Waals surface area contributed by atoms with E-state index in [1.165, 1.54) is 18.2 Å². The quantitative estimate of drug-likeness (QED) is 0.366. The van der Waals surface area contributed by atoms with E-state index in [1.54, 1.807) is 0 Å². The average Bonchev–Trinajstić information content (AvgIpc) is 2.51. The van der Waals surface area contributed by atoms with Gasteiger partial charge >= 0.3 is 0 Å². The summed E-state index contributed by atoms with van der Waals surface area (Å²) in [5.41, 5.74) is 0.711. The molecular weight excluding hydrogens is 220 g/mol. The highest BCUT2D eigenvalue weighted by Crippen LogP contribution is 2.20. The van der Waals surface area contributed by atoms with Gasteiger partial charge in [-0.3, -0.25) is 10.1 Å². The summed E-state index contributed by atoms with van der Waals surface area (Å²) in [6, 6.07) is 4.04. The van der Waals surface area contributed by atoms with Crippen LogP contribution in [0.2, 0.25) is 0 Å². The molecule has 0 aliphatic heterocycles. The molecule has 0 aliphatic rings. The van der Waals surface area contributed by atoms with Crippen LogP contribution in [-0.2, 0) is 0 Å². The minimum Gasteiger partial charge on any atom is -0.329 e. The zero-order valence-corrected chi connectivity index (χ0v) is 8.02. The molecule has 76 valence electrons. The van der Waals surface area contributed by atoms with E-state index in [0.717, 1.165) is 4.68 Å². The lowest BCUT2D eigenvalue weighted by atomic mass is 10.3. The normalized spacial score (nSPS) is 10.4. The first-order valence-corrected chi connectivity index (χ1v) is 4.27. The van der Waals surface area contributed by atoms with Crippen molar-refractivity contribution in [1.82, 2.24) is 9.66 Å². The Morgan fingerprint density at radius 2 is 2.27 bits per heavy atom. The van der Waals surface area contributed by atoms with Crippen LogP contribution in [0.15, 0.2) is 23.5 Å². The number of fused-ring (bicyclic) bond motifs is 1. The second kappa shape index (κ2) is 3.24. The van der Waals surface area contributed by atoms with Crippen LogP contribution in [0.4, 0.5) is 5.69 Å². The number of aromatic nitrogens is 2. The number of nitrogens with zero attached hydrogens (tertiary/aromatic N) is 3. The van der Waals surface area contributed by atoms with Crippen molar-refractivity contribution >= 4 is 28.9 Å². The van der Waals surface area contributed by atoms with Gasteiger partial charge in [0.2, 0.25) is 4.77 Å². The smallest absolute Gasteiger partial charge is 0.271 e. The molecule has 1 aromatic carbocycles. The lowest BCUT2D eigenvalue weighted by Gasteiger charge is -1.92. The third kappa shape index (κ3) is 1.40. The van der Waals surface area contributed by atoms with Gasteiger partial charge in [0, 0.05) is 12.1 Å². The van der Waals surface area contributed by atoms with Crippen molar-refractivity contribution in [2.75, 3.05) is 0 Å². The zero-order chi connectivity index (χ0) is 11.0. The maximum atomic E-state index is 10.5. The first kappa shape index (κ1) is 9.46. The molecule has 0 aliphatic carbocycles. The lowest BCUT2D eigenvalue weighted by molar-refractivity contribution is -0.384. The van der Waals surface area contributed by atoms with E-state index in [2.05, 4.69) is 10.3 Å². The molecule has 0 atom stereocenters. The fourth-order valence-electron chi connectivity index (χ4n) is 1.27. The summed E-state index contributed by atoms with van der Waals surface area (Å²) < 4.78 is 1.01. The molecule has 0 fully saturated rings. The maximum Gasteiger partial charge on any atom is 0.271 e. The van der Waals surface area contributed by atoms with Crippen molar-refractivity contribution in [3.63, 3.8) is 0 Å². The molecule has 1 N–H and O–H groups in total. The molecule has 0 bridgehead atoms. The minimum absolute atomic E-state index is 0.112. The molecular formula is C7H4N4O3S. The summed E-state index contributed by atoms with van der Waals surface area (Å²) in [6.07, 6.45) is 0. The van der Waals surface area contributed by atoms with Gasteiger partial charge in [-0.25, -0.2) is 0 Å². The molecule has 1 heterocycles. The Morgan fingerprint density at radius 3 is 2.87 bits per heavy atom. The largest absolute Gasteiger partial charge is 0.329 e. The summed E-state index contributed by atoms with van der Waals surface area (Å²) in [6.45, 7) is 0. The van der Waals surface area contributed by atoms with Crippen molar-refractivity contribution in [2.24, 2.45) is 5.29 Å². The van der Waals surface area contributed by atoms with Crippen molar-refractivity contribution in [3.8, 4) is 0 Å². The number of nitrogens with one attached hydrogen (secondary N) is 1. The highest BCUT2D eigenvalue weighted by molar-refractivity contribution is 7.71. The molecule has 0 radical (unpaired) electrons. The molecule has 0 spiro atoms. The summed E-state index contributed by atoms with van der Waals surface area (Å²) in [4.78, 5) is 23.1. The number of nitroso groups, excluding NO2 is 1. The molecule has 2 aromatic rings. The number of aromatic amines is 1. The highest BCUT2D eigenvalue weighted by atomic mass is 32.1. The van der Waals surface area contributed by atoms with Crippen LogP contribution in [0.3, 0.4) is 0 Å². The topological polar surface area (TPSA) is 93.3 Å². The number of hydrogen-bond donors (Lipinski definition) is 1. The van der Waals surface area contributed by atoms with Crippen molar-refractivity contribution in [3.05, 3.63) is 38.0 Å². The van der Waals surface area contributed by atoms with E-state index in [1.807, 2.05) is 0 Å². The molecule has 0 unspecified atom stereocenters. The van der Waals surface area contributed by atoms with Gasteiger partial charge in [-0.2, -0.15) is 4.68 Å². The Bertz CT molecular complexity index is 614. The Morgan fingerprint density at radius 1 is 1.53 bits per heavy atom. The predicted octanol–water partition coefficient (Wildman–Crippen LogP) is 2.14. The average molecular weight is 224 g/mol. The van der Waals surface area contributed by atoms with E-state index in [-0.39, 0.29) is 10.5 Å². The van der Waals surface area contributed by atoms with Crippen LogP contribution in [0.25, 0.3) is 11.0 Å². The number of non-ortho nitro benzene ring substituents is 1. The first-order valence-electron chi connectivity index (χ1n) is 3.86. The molecule has 15 heavy (non-hydrogen) atoms. The SMILES string of the molecule is O=Nn1c(=S)[nH]c2ccc([N+](=O)[O-])cc21. The fraction of sp³-hybridized carbons (Fsp3) is 0. The van der Waals surface area contributed by atoms with Gasteiger partial charge < -0.3 is 4.98 Å². The molecule has 0 saturated carbocycles. The van der Waals surface area contributed by atoms with Gasteiger partial charge in [0.1, 0.15) is 5.52 Å². The molecule has 1 aromatic heterocycles. The highest BCUT2D eigenvalue weighted by Gasteiger charge is 2.10. The molecule has 0 saturated heterocycles. The van der Waals surface area contributed by atoms with Crippen molar-refractivity contribution < 1.29 is 4.92 Å². The zero-order valence-electron chi connectivity index (χ0n) is 7.21. The van der Waals surface area contributed by atoms with E-state index < -0.39 is 4.92 Å². The summed E-state index contributed by atoms with van der Waals surface area (Å²) in [5.74, 6) is 0. The third-order valence-corrected chi connectivity index (χ3v) is 2.21. The molecule has 2 rings (SSSR count). The van der Waals surface area contributed by atoms with Gasteiger partial charge in [0.15, 0.2) is 0 Å². The van der Waals surface area contributed by atoms with Crippen molar-refractivity contribution in [2.45, 2.75) is 0 Å². The summed E-state index contributed by atoms with van der Waals surface area (Å²) in [5, 5.41) is 13.2. The van der Waals surface area contributed by atoms with Crippen LogP contribution in [-0.4, -0.2) is 14.6 Å². The number of hydrogen-bond acceptors (Lipinski definition) is 5. The van der Waals surface area contributed by atoms with Crippen LogP contribution in [0.1, 0.15) is 0 Å². The summed E-state index contributed by atoms with van der Waals surface area (Å²) in [7, 11) is 0. The Labute approximate surface area is 87.4 Å². The molecule has 8 heteroatoms. The number of benzene rings is 1. The van der Waals surface area contributed by atoms with E-state index >= 15 is 0 Å². The van der Waals surface area contributed by atoms with E-state index in [9.17, 15) is 15.0 Å². The van der Waals surface area contributed by atoms with Crippen LogP contribution in [0.5, 0.6) is 0 Å². The van der Waals surface area contributed by atoms with Crippen molar-refractivity contribution in [1.29, 1.82) is 0 Å². The number of nitro groups is 1. The lowest BCUT2D eigenvalue weighted by Crippen LogP contribution is -1.89. The second-order valence-electron chi connectivity index (χ2n) is 2.78. The Hall–Kier alpha value is -2.09. The maximum absolute atomic E-state index is 10.5. The fourth-order valence-corrected chi connectivity index (χ4v) is 1.51. The van der Waals surface area contributed by atoms with E-state index in [4.69, 9.17) is 12.2 Å². The number of H-pyrrole nitrogens is 1. The standard InChI is InChI=1S/C7H4N4O3S/c12-9-10-6-3-4(11(13)14)1-2-5(6)8-7(10)15/h1-3H,(H,8,15). The van der Waals surface area contributed by atoms with Crippen LogP contribution < -0.4 is 0 Å². The number of rotatable bonds is 2. The Balaban J connectivity index is 2.84. The summed E-state index contributed by atoms with van der Waals surface area (Å²) >= 11 is 4.80. The van der Waals surface area contributed by atoms with Crippen LogP contribution in [0, 0.1) is 19.8 Å². The minimum atomic E-state index is -0.551. The monoisotopic (exact) mass is 224 g/mol. The van der Waals surface area contributed by atoms with Gasteiger partial charge in [0.25, 0.3) is 5.69 Å². The van der Waals surface area contributed by atoms with Gasteiger partial charge in [-0.05, 0) is 18.3 Å². The Kier molecular flexibility index (Phi) is 2.05. The molecule has 7 nitrogen and oxygen atoms in total. The molecule has 0 amide bonds.